The quantitative estimate of drug-likeness (QED) is 0.358. The Morgan fingerprint density at radius 3 is 2.36 bits per heavy atom. The Morgan fingerprint density at radius 1 is 1.07 bits per heavy atom. The lowest BCUT2D eigenvalue weighted by Crippen LogP contribution is -2.42. The SMILES string of the molecule is Cc1cc2c(C)c3c(=O)[nH]c(=O)nc-3n(C[C@H](O)[C@H](O)[C@H](O)CO)c2cc1C. The minimum atomic E-state index is -1.62. The summed E-state index contributed by atoms with van der Waals surface area (Å²) in [7, 11) is 0. The van der Waals surface area contributed by atoms with Gasteiger partial charge in [0.1, 0.15) is 18.3 Å². The van der Waals surface area contributed by atoms with Gasteiger partial charge in [0.2, 0.25) is 0 Å². The third-order valence-electron chi connectivity index (χ3n) is 5.16. The fourth-order valence-corrected chi connectivity index (χ4v) is 3.39. The molecule has 5 N–H and O–H groups in total. The van der Waals surface area contributed by atoms with Gasteiger partial charge in [0.25, 0.3) is 5.56 Å². The highest BCUT2D eigenvalue weighted by atomic mass is 16.4. The summed E-state index contributed by atoms with van der Waals surface area (Å²) in [6.45, 7) is 4.63. The summed E-state index contributed by atoms with van der Waals surface area (Å²) in [6.07, 6.45) is -4.63. The maximum absolute atomic E-state index is 12.4. The number of fused-ring (bicyclic) bond motifs is 2. The zero-order valence-electron chi connectivity index (χ0n) is 15.8. The molecule has 9 heteroatoms. The number of aromatic nitrogens is 3. The number of hydrogen-bond acceptors (Lipinski definition) is 7. The Hall–Kier alpha value is -2.59. The van der Waals surface area contributed by atoms with Gasteiger partial charge in [0.05, 0.1) is 24.2 Å². The largest absolute Gasteiger partial charge is 0.394 e. The van der Waals surface area contributed by atoms with Gasteiger partial charge in [-0.15, -0.1) is 0 Å². The second-order valence-corrected chi connectivity index (χ2v) is 7.07. The standard InChI is InChI=1S/C19H23N3O6/c1-8-4-11-10(3)15-17(20-19(28)21-18(15)27)22(12(11)5-9(8)2)6-13(24)16(26)14(25)7-23/h4-5,13-14,16,23-26H,6-7H2,1-3H3,(H,21,27,28)/t13-,14+,16-/m0/s1. The first-order valence-electron chi connectivity index (χ1n) is 8.85. The van der Waals surface area contributed by atoms with Gasteiger partial charge in [0, 0.05) is 5.39 Å². The molecule has 1 aromatic carbocycles. The first-order chi connectivity index (χ1) is 13.1. The topological polar surface area (TPSA) is 149 Å². The number of nitrogens with one attached hydrogen (secondary N) is 1. The van der Waals surface area contributed by atoms with E-state index in [2.05, 4.69) is 9.97 Å². The van der Waals surface area contributed by atoms with E-state index in [1.165, 1.54) is 4.57 Å². The molecule has 2 aliphatic heterocycles. The van der Waals surface area contributed by atoms with E-state index in [4.69, 9.17) is 5.11 Å². The van der Waals surface area contributed by atoms with Crippen LogP contribution in [-0.4, -0.2) is 59.9 Å². The molecule has 2 heterocycles. The van der Waals surface area contributed by atoms with Gasteiger partial charge in [-0.1, -0.05) is 0 Å². The van der Waals surface area contributed by atoms with Crippen molar-refractivity contribution in [2.24, 2.45) is 0 Å². The van der Waals surface area contributed by atoms with Crippen LogP contribution in [-0.2, 0) is 6.54 Å². The number of aromatic amines is 1. The smallest absolute Gasteiger partial charge is 0.349 e. The molecule has 0 amide bonds. The minimum absolute atomic E-state index is 0.0757. The third-order valence-corrected chi connectivity index (χ3v) is 5.16. The normalized spacial score (nSPS) is 15.1. The zero-order valence-corrected chi connectivity index (χ0v) is 15.8. The number of aryl methyl sites for hydroxylation is 3. The van der Waals surface area contributed by atoms with Crippen molar-refractivity contribution >= 4 is 10.9 Å². The Labute approximate surface area is 159 Å². The van der Waals surface area contributed by atoms with Crippen LogP contribution in [0.4, 0.5) is 0 Å². The summed E-state index contributed by atoms with van der Waals surface area (Å²) >= 11 is 0. The lowest BCUT2D eigenvalue weighted by molar-refractivity contribution is -0.0802. The van der Waals surface area contributed by atoms with Gasteiger partial charge in [-0.05, 0) is 49.6 Å². The van der Waals surface area contributed by atoms with Crippen molar-refractivity contribution in [1.82, 2.24) is 14.5 Å². The maximum atomic E-state index is 12.4. The second kappa shape index (κ2) is 7.44. The summed E-state index contributed by atoms with van der Waals surface area (Å²) in [5, 5.41) is 39.8. The van der Waals surface area contributed by atoms with Crippen molar-refractivity contribution in [2.45, 2.75) is 45.6 Å². The molecule has 0 fully saturated rings. The van der Waals surface area contributed by atoms with Crippen LogP contribution in [0, 0.1) is 20.8 Å². The minimum Gasteiger partial charge on any atom is -0.394 e. The van der Waals surface area contributed by atoms with E-state index < -0.39 is 36.2 Å². The summed E-state index contributed by atoms with van der Waals surface area (Å²) in [5.74, 6) is 0.0757. The predicted octanol–water partition coefficient (Wildman–Crippen LogP) is -0.810. The van der Waals surface area contributed by atoms with E-state index in [9.17, 15) is 24.9 Å². The highest BCUT2D eigenvalue weighted by Gasteiger charge is 2.28. The van der Waals surface area contributed by atoms with Crippen LogP contribution in [0.25, 0.3) is 22.3 Å². The average Bonchev–Trinajstić information content (AvgIpc) is 2.64. The van der Waals surface area contributed by atoms with Crippen molar-refractivity contribution in [3.05, 3.63) is 49.7 Å². The maximum Gasteiger partial charge on any atom is 0.349 e. The number of aliphatic hydroxyl groups is 4. The molecule has 2 aliphatic rings. The van der Waals surface area contributed by atoms with Crippen molar-refractivity contribution < 1.29 is 20.4 Å². The molecule has 0 spiro atoms. The van der Waals surface area contributed by atoms with Crippen molar-refractivity contribution in [3.63, 3.8) is 0 Å². The summed E-state index contributed by atoms with van der Waals surface area (Å²) in [4.78, 5) is 30.4. The molecule has 0 aliphatic carbocycles. The van der Waals surface area contributed by atoms with E-state index in [-0.39, 0.29) is 17.9 Å². The molecule has 3 rings (SSSR count). The molecule has 0 saturated heterocycles. The number of aliphatic hydroxyl groups excluding tert-OH is 4. The fraction of sp³-hybridized carbons (Fsp3) is 0.421. The van der Waals surface area contributed by atoms with E-state index in [1.807, 2.05) is 26.0 Å². The lowest BCUT2D eigenvalue weighted by Gasteiger charge is -2.26. The predicted molar refractivity (Wildman–Crippen MR) is 103 cm³/mol. The van der Waals surface area contributed by atoms with Crippen molar-refractivity contribution in [2.75, 3.05) is 6.61 Å². The van der Waals surface area contributed by atoms with Gasteiger partial charge in [-0.25, -0.2) is 4.79 Å². The van der Waals surface area contributed by atoms with Crippen LogP contribution in [0.5, 0.6) is 0 Å². The number of H-pyrrole nitrogens is 1. The van der Waals surface area contributed by atoms with Gasteiger partial charge in [-0.2, -0.15) is 4.98 Å². The fourth-order valence-electron chi connectivity index (χ4n) is 3.39. The van der Waals surface area contributed by atoms with Crippen LogP contribution in [0.1, 0.15) is 16.7 Å². The number of rotatable bonds is 5. The molecule has 0 bridgehead atoms. The second-order valence-electron chi connectivity index (χ2n) is 7.07. The van der Waals surface area contributed by atoms with E-state index in [1.54, 1.807) is 6.92 Å². The summed E-state index contributed by atoms with van der Waals surface area (Å²) in [5.41, 5.74) is 2.02. The number of hydrogen-bond donors (Lipinski definition) is 5. The van der Waals surface area contributed by atoms with Gasteiger partial charge in [-0.3, -0.25) is 9.78 Å². The lowest BCUT2D eigenvalue weighted by atomic mass is 9.98. The molecular formula is C19H23N3O6. The number of pyridine rings is 1. The Bertz CT molecular complexity index is 1120. The first-order valence-corrected chi connectivity index (χ1v) is 8.85. The van der Waals surface area contributed by atoms with Crippen molar-refractivity contribution in [1.29, 1.82) is 0 Å². The van der Waals surface area contributed by atoms with Crippen LogP contribution >= 0.6 is 0 Å². The van der Waals surface area contributed by atoms with Crippen LogP contribution < -0.4 is 11.2 Å². The molecule has 9 nitrogen and oxygen atoms in total. The molecule has 28 heavy (non-hydrogen) atoms. The van der Waals surface area contributed by atoms with Crippen molar-refractivity contribution in [3.8, 4) is 11.4 Å². The highest BCUT2D eigenvalue weighted by Crippen LogP contribution is 2.31. The van der Waals surface area contributed by atoms with Gasteiger partial charge < -0.3 is 25.0 Å². The number of nitrogens with zero attached hydrogens (tertiary/aromatic N) is 2. The Kier molecular flexibility index (Phi) is 5.35. The summed E-state index contributed by atoms with van der Waals surface area (Å²) in [6, 6.07) is 3.76. The van der Waals surface area contributed by atoms with Crippen LogP contribution in [0.3, 0.4) is 0 Å². The average molecular weight is 389 g/mol. The zero-order chi connectivity index (χ0) is 20.7. The van der Waals surface area contributed by atoms with E-state index in [0.29, 0.717) is 11.1 Å². The molecule has 0 saturated carbocycles. The van der Waals surface area contributed by atoms with Gasteiger partial charge >= 0.3 is 5.69 Å². The monoisotopic (exact) mass is 389 g/mol. The molecule has 3 atom stereocenters. The van der Waals surface area contributed by atoms with Gasteiger partial charge in [0.15, 0.2) is 5.82 Å². The Morgan fingerprint density at radius 2 is 1.71 bits per heavy atom. The number of benzene rings is 1. The molecule has 0 unspecified atom stereocenters. The van der Waals surface area contributed by atoms with Crippen LogP contribution in [0.2, 0.25) is 0 Å². The highest BCUT2D eigenvalue weighted by molar-refractivity contribution is 5.90. The molecular weight excluding hydrogens is 366 g/mol. The molecule has 150 valence electrons. The van der Waals surface area contributed by atoms with E-state index in [0.717, 1.165) is 16.5 Å². The molecule has 0 radical (unpaired) electrons. The van der Waals surface area contributed by atoms with E-state index >= 15 is 0 Å². The Balaban J connectivity index is 2.35. The molecule has 0 aromatic heterocycles. The molecule has 1 aromatic rings. The first kappa shape index (κ1) is 20.2. The van der Waals surface area contributed by atoms with Crippen LogP contribution in [0.15, 0.2) is 21.7 Å². The summed E-state index contributed by atoms with van der Waals surface area (Å²) < 4.78 is 1.48. The third kappa shape index (κ3) is 3.33.